The second-order valence-electron chi connectivity index (χ2n) is 8.52. The summed E-state index contributed by atoms with van der Waals surface area (Å²) in [6.07, 6.45) is 1.29. The average molecular weight is 485 g/mol. The molecule has 0 aliphatic carbocycles. The van der Waals surface area contributed by atoms with Crippen molar-refractivity contribution in [1.82, 2.24) is 4.90 Å². The number of thiophene rings is 1. The van der Waals surface area contributed by atoms with E-state index in [9.17, 15) is 19.5 Å². The minimum Gasteiger partial charge on any atom is -0.478 e. The van der Waals surface area contributed by atoms with Crippen molar-refractivity contribution >= 4 is 44.9 Å². The Bertz CT molecular complexity index is 1450. The first-order valence-electron chi connectivity index (χ1n) is 11.5. The van der Waals surface area contributed by atoms with Gasteiger partial charge in [-0.2, -0.15) is 0 Å². The van der Waals surface area contributed by atoms with E-state index in [4.69, 9.17) is 0 Å². The largest absolute Gasteiger partial charge is 0.478 e. The van der Waals surface area contributed by atoms with Crippen LogP contribution in [-0.2, 0) is 19.4 Å². The maximum atomic E-state index is 13.4. The van der Waals surface area contributed by atoms with Crippen molar-refractivity contribution < 1.29 is 19.5 Å². The van der Waals surface area contributed by atoms with Gasteiger partial charge in [-0.1, -0.05) is 55.5 Å². The normalized spacial score (nSPS) is 12.9. The Morgan fingerprint density at radius 2 is 1.74 bits per heavy atom. The number of carboxylic acids is 1. The van der Waals surface area contributed by atoms with E-state index in [1.807, 2.05) is 61.5 Å². The number of anilines is 1. The Balaban J connectivity index is 1.42. The van der Waals surface area contributed by atoms with Crippen LogP contribution < -0.4 is 5.32 Å². The van der Waals surface area contributed by atoms with Crippen molar-refractivity contribution in [2.75, 3.05) is 11.9 Å². The minimum absolute atomic E-state index is 0.0840. The van der Waals surface area contributed by atoms with Crippen molar-refractivity contribution in [3.8, 4) is 0 Å². The van der Waals surface area contributed by atoms with Crippen LogP contribution in [0.2, 0.25) is 0 Å². The molecular formula is C28H24N2O4S. The number of aromatic carboxylic acids is 1. The smallest absolute Gasteiger partial charge is 0.339 e. The van der Waals surface area contributed by atoms with Gasteiger partial charge in [-0.05, 0) is 52.9 Å². The Kier molecular flexibility index (Phi) is 6.09. The molecule has 5 rings (SSSR count). The van der Waals surface area contributed by atoms with E-state index in [0.29, 0.717) is 41.2 Å². The fraction of sp³-hybridized carbons (Fsp3) is 0.179. The van der Waals surface area contributed by atoms with Crippen LogP contribution in [0.5, 0.6) is 0 Å². The van der Waals surface area contributed by atoms with Crippen LogP contribution in [0.1, 0.15) is 54.0 Å². The highest BCUT2D eigenvalue weighted by Crippen LogP contribution is 2.38. The molecule has 1 aliphatic rings. The number of nitrogens with one attached hydrogen (secondary N) is 1. The molecule has 2 amide bonds. The summed E-state index contributed by atoms with van der Waals surface area (Å²) in [5.74, 6) is -1.51. The second-order valence-corrected chi connectivity index (χ2v) is 9.63. The monoisotopic (exact) mass is 484 g/mol. The Labute approximate surface area is 206 Å². The van der Waals surface area contributed by atoms with Crippen LogP contribution in [-0.4, -0.2) is 34.3 Å². The van der Waals surface area contributed by atoms with E-state index >= 15 is 0 Å². The molecule has 2 N–H and O–H groups in total. The number of carbonyl (C=O) groups is 3. The second kappa shape index (κ2) is 9.35. The number of aryl methyl sites for hydroxylation is 1. The summed E-state index contributed by atoms with van der Waals surface area (Å²) in [6.45, 7) is 2.76. The average Bonchev–Trinajstić information content (AvgIpc) is 3.25. The molecule has 0 fully saturated rings. The Morgan fingerprint density at radius 1 is 1.00 bits per heavy atom. The number of hydrogen-bond donors (Lipinski definition) is 2. The fourth-order valence-corrected chi connectivity index (χ4v) is 5.79. The van der Waals surface area contributed by atoms with Crippen LogP contribution in [0.15, 0.2) is 66.7 Å². The highest BCUT2D eigenvalue weighted by molar-refractivity contribution is 7.17. The van der Waals surface area contributed by atoms with Crippen LogP contribution in [0.3, 0.4) is 0 Å². The molecule has 0 bridgehead atoms. The van der Waals surface area contributed by atoms with Crippen molar-refractivity contribution in [3.63, 3.8) is 0 Å². The lowest BCUT2D eigenvalue weighted by Gasteiger charge is -2.27. The molecule has 6 nitrogen and oxygen atoms in total. The van der Waals surface area contributed by atoms with Crippen LogP contribution in [0, 0.1) is 0 Å². The third-order valence-electron chi connectivity index (χ3n) is 6.43. The van der Waals surface area contributed by atoms with Gasteiger partial charge in [-0.15, -0.1) is 11.3 Å². The molecule has 1 aromatic heterocycles. The lowest BCUT2D eigenvalue weighted by atomic mass is 10.00. The standard InChI is InChI=1S/C28H24N2O4S/c1-2-17-10-12-19(13-11-17)25(31)29-26-24(28(33)34)22-14-15-30(16-23(22)35-26)27(32)21-9-5-7-18-6-3-4-8-20(18)21/h3-13H,2,14-16H2,1H3,(H,29,31)(H,33,34). The number of amides is 2. The van der Waals surface area contributed by atoms with Crippen molar-refractivity contribution in [2.24, 2.45) is 0 Å². The number of benzene rings is 3. The van der Waals surface area contributed by atoms with Crippen LogP contribution in [0.25, 0.3) is 10.8 Å². The third kappa shape index (κ3) is 4.31. The third-order valence-corrected chi connectivity index (χ3v) is 7.56. The number of fused-ring (bicyclic) bond motifs is 2. The molecular weight excluding hydrogens is 460 g/mol. The fourth-order valence-electron chi connectivity index (χ4n) is 4.54. The number of carboxylic acid groups (broad SMARTS) is 1. The number of hydrogen-bond acceptors (Lipinski definition) is 4. The van der Waals surface area contributed by atoms with Gasteiger partial charge in [-0.3, -0.25) is 9.59 Å². The lowest BCUT2D eigenvalue weighted by molar-refractivity contribution is 0.0696. The zero-order valence-electron chi connectivity index (χ0n) is 19.2. The van der Waals surface area contributed by atoms with Crippen molar-refractivity contribution in [2.45, 2.75) is 26.3 Å². The summed E-state index contributed by atoms with van der Waals surface area (Å²) in [4.78, 5) is 40.9. The molecule has 1 aliphatic heterocycles. The molecule has 3 aromatic carbocycles. The number of nitrogens with zero attached hydrogens (tertiary/aromatic N) is 1. The first-order chi connectivity index (χ1) is 17.0. The minimum atomic E-state index is -1.08. The first-order valence-corrected chi connectivity index (χ1v) is 12.3. The quantitative estimate of drug-likeness (QED) is 0.385. The topological polar surface area (TPSA) is 86.7 Å². The molecule has 35 heavy (non-hydrogen) atoms. The zero-order valence-corrected chi connectivity index (χ0v) is 20.0. The van der Waals surface area contributed by atoms with Gasteiger partial charge < -0.3 is 15.3 Å². The van der Waals surface area contributed by atoms with Crippen molar-refractivity contribution in [1.29, 1.82) is 0 Å². The highest BCUT2D eigenvalue weighted by atomic mass is 32.1. The highest BCUT2D eigenvalue weighted by Gasteiger charge is 2.31. The number of carbonyl (C=O) groups excluding carboxylic acids is 2. The number of rotatable bonds is 5. The predicted octanol–water partition coefficient (Wildman–Crippen LogP) is 5.61. The van der Waals surface area contributed by atoms with E-state index in [2.05, 4.69) is 5.32 Å². The van der Waals surface area contributed by atoms with E-state index in [0.717, 1.165) is 27.6 Å². The van der Waals surface area contributed by atoms with E-state index in [1.54, 1.807) is 17.0 Å². The van der Waals surface area contributed by atoms with Gasteiger partial charge in [0.15, 0.2) is 0 Å². The van der Waals surface area contributed by atoms with Gasteiger partial charge in [0.05, 0.1) is 12.1 Å². The summed E-state index contributed by atoms with van der Waals surface area (Å²) in [5.41, 5.74) is 3.04. The molecule has 0 saturated heterocycles. The van der Waals surface area contributed by atoms with Crippen LogP contribution in [0.4, 0.5) is 5.00 Å². The van der Waals surface area contributed by atoms with E-state index in [-0.39, 0.29) is 17.4 Å². The molecule has 2 heterocycles. The molecule has 0 radical (unpaired) electrons. The molecule has 0 spiro atoms. The maximum absolute atomic E-state index is 13.4. The summed E-state index contributed by atoms with van der Waals surface area (Å²) in [7, 11) is 0. The van der Waals surface area contributed by atoms with E-state index < -0.39 is 5.97 Å². The van der Waals surface area contributed by atoms with Gasteiger partial charge in [0.1, 0.15) is 5.00 Å². The van der Waals surface area contributed by atoms with Gasteiger partial charge >= 0.3 is 5.97 Å². The summed E-state index contributed by atoms with van der Waals surface area (Å²) in [5, 5.41) is 14.9. The molecule has 176 valence electrons. The van der Waals surface area contributed by atoms with E-state index in [1.165, 1.54) is 11.3 Å². The Hall–Kier alpha value is -3.97. The SMILES string of the molecule is CCc1ccc(C(=O)Nc2sc3c(c2C(=O)O)CCN(C(=O)c2cccc4ccccc24)C3)cc1. The summed E-state index contributed by atoms with van der Waals surface area (Å²) in [6, 6.07) is 20.7. The maximum Gasteiger partial charge on any atom is 0.339 e. The molecule has 4 aromatic rings. The summed E-state index contributed by atoms with van der Waals surface area (Å²) >= 11 is 1.23. The van der Waals surface area contributed by atoms with Crippen molar-refractivity contribution in [3.05, 3.63) is 99.4 Å². The zero-order chi connectivity index (χ0) is 24.5. The van der Waals surface area contributed by atoms with Crippen LogP contribution >= 0.6 is 11.3 Å². The molecule has 0 atom stereocenters. The molecule has 7 heteroatoms. The van der Waals surface area contributed by atoms with Gasteiger partial charge in [0, 0.05) is 22.5 Å². The first kappa shape index (κ1) is 22.8. The van der Waals surface area contributed by atoms with Gasteiger partial charge in [0.2, 0.25) is 0 Å². The van der Waals surface area contributed by atoms with Gasteiger partial charge in [0.25, 0.3) is 11.8 Å². The lowest BCUT2D eigenvalue weighted by Crippen LogP contribution is -2.35. The molecule has 0 unspecified atom stereocenters. The van der Waals surface area contributed by atoms with Gasteiger partial charge in [-0.25, -0.2) is 4.79 Å². The Morgan fingerprint density at radius 3 is 2.49 bits per heavy atom. The summed E-state index contributed by atoms with van der Waals surface area (Å²) < 4.78 is 0. The molecule has 0 saturated carbocycles. The predicted molar refractivity (Wildman–Crippen MR) is 137 cm³/mol.